The fourth-order valence-corrected chi connectivity index (χ4v) is 5.33. The number of benzene rings is 2. The number of rotatable bonds is 6. The summed E-state index contributed by atoms with van der Waals surface area (Å²) in [6.45, 7) is 0. The van der Waals surface area contributed by atoms with Crippen LogP contribution in [0.25, 0.3) is 28.0 Å². The van der Waals surface area contributed by atoms with E-state index in [0.717, 1.165) is 48.1 Å². The van der Waals surface area contributed by atoms with E-state index in [9.17, 15) is 10.4 Å². The molecule has 0 radical (unpaired) electrons. The van der Waals surface area contributed by atoms with Crippen molar-refractivity contribution in [1.29, 1.82) is 5.26 Å². The number of allylic oxidation sites excluding steroid dienone is 1. The molecule has 0 amide bonds. The Balaban J connectivity index is 1.46. The minimum atomic E-state index is -0.0539. The molecule has 166 valence electrons. The van der Waals surface area contributed by atoms with Gasteiger partial charge < -0.3 is 10.1 Å². The van der Waals surface area contributed by atoms with E-state index in [1.54, 1.807) is 0 Å². The molecule has 1 fully saturated rings. The maximum atomic E-state index is 10.8. The highest BCUT2D eigenvalue weighted by Crippen LogP contribution is 2.38. The van der Waals surface area contributed by atoms with E-state index < -0.39 is 0 Å². The maximum Gasteiger partial charge on any atom is 0.192 e. The first-order valence-corrected chi connectivity index (χ1v) is 12.1. The summed E-state index contributed by atoms with van der Waals surface area (Å²) < 4.78 is 2.14. The molecular weight excluding hydrogens is 456 g/mol. The first-order chi connectivity index (χ1) is 16.2. The van der Waals surface area contributed by atoms with Crippen LogP contribution in [0.15, 0.2) is 59.4 Å². The van der Waals surface area contributed by atoms with E-state index in [4.69, 9.17) is 11.6 Å². The summed E-state index contributed by atoms with van der Waals surface area (Å²) in [5.74, 6) is 1.21. The summed E-state index contributed by atoms with van der Waals surface area (Å²) in [5, 5.41) is 30.7. The van der Waals surface area contributed by atoms with Gasteiger partial charge >= 0.3 is 0 Å². The summed E-state index contributed by atoms with van der Waals surface area (Å²) in [6.07, 6.45) is 4.41. The van der Waals surface area contributed by atoms with Gasteiger partial charge in [-0.3, -0.25) is 4.57 Å². The summed E-state index contributed by atoms with van der Waals surface area (Å²) in [5.41, 5.74) is 2.51. The molecule has 9 heteroatoms. The molecule has 0 bridgehead atoms. The van der Waals surface area contributed by atoms with Crippen LogP contribution in [0, 0.1) is 11.3 Å². The van der Waals surface area contributed by atoms with Crippen LogP contribution in [-0.4, -0.2) is 35.6 Å². The highest BCUT2D eigenvalue weighted by molar-refractivity contribution is 7.99. The SMILES string of the molecule is N#C/C(=C(/O)CSc1nnc(-c2ccccc2Cl)n1C1CCCC1)c1nc2ccccc2[nH]1. The molecule has 0 aliphatic heterocycles. The summed E-state index contributed by atoms with van der Waals surface area (Å²) >= 11 is 7.81. The van der Waals surface area contributed by atoms with Crippen LogP contribution in [0.3, 0.4) is 0 Å². The largest absolute Gasteiger partial charge is 0.510 e. The minimum Gasteiger partial charge on any atom is -0.510 e. The molecular formula is C24H21ClN6OS. The smallest absolute Gasteiger partial charge is 0.192 e. The van der Waals surface area contributed by atoms with Crippen molar-refractivity contribution in [2.75, 3.05) is 5.75 Å². The highest BCUT2D eigenvalue weighted by atomic mass is 35.5. The highest BCUT2D eigenvalue weighted by Gasteiger charge is 2.26. The van der Waals surface area contributed by atoms with E-state index in [-0.39, 0.29) is 23.1 Å². The Morgan fingerprint density at radius 1 is 1.15 bits per heavy atom. The van der Waals surface area contributed by atoms with Crippen LogP contribution in [0.5, 0.6) is 0 Å². The Hall–Kier alpha value is -3.28. The first-order valence-electron chi connectivity index (χ1n) is 10.8. The first kappa shape index (κ1) is 21.6. The number of aliphatic hydroxyl groups excluding tert-OH is 1. The van der Waals surface area contributed by atoms with Gasteiger partial charge in [-0.25, -0.2) is 4.98 Å². The molecule has 7 nitrogen and oxygen atoms in total. The van der Waals surface area contributed by atoms with Gasteiger partial charge in [-0.05, 0) is 37.1 Å². The van der Waals surface area contributed by atoms with Crippen molar-refractivity contribution in [2.45, 2.75) is 36.9 Å². The number of imidazole rings is 1. The molecule has 5 rings (SSSR count). The lowest BCUT2D eigenvalue weighted by molar-refractivity contribution is 0.420. The fourth-order valence-electron chi connectivity index (χ4n) is 4.22. The topological polar surface area (TPSA) is 103 Å². The number of aromatic nitrogens is 5. The van der Waals surface area contributed by atoms with Crippen LogP contribution in [0.2, 0.25) is 5.02 Å². The molecule has 4 aromatic rings. The molecule has 33 heavy (non-hydrogen) atoms. The molecule has 2 heterocycles. The van der Waals surface area contributed by atoms with Crippen LogP contribution < -0.4 is 0 Å². The number of aliphatic hydroxyl groups is 1. The van der Waals surface area contributed by atoms with E-state index in [1.165, 1.54) is 11.8 Å². The lowest BCUT2D eigenvalue weighted by atomic mass is 10.2. The Labute approximate surface area is 200 Å². The Kier molecular flexibility index (Phi) is 6.07. The number of aromatic amines is 1. The zero-order chi connectivity index (χ0) is 22.8. The number of hydrogen-bond donors (Lipinski definition) is 2. The average Bonchev–Trinajstić information content (AvgIpc) is 3.57. The van der Waals surface area contributed by atoms with Gasteiger partial charge in [0.15, 0.2) is 16.8 Å². The number of halogens is 1. The summed E-state index contributed by atoms with van der Waals surface area (Å²) in [4.78, 5) is 7.55. The zero-order valence-corrected chi connectivity index (χ0v) is 19.3. The molecule has 0 atom stereocenters. The average molecular weight is 477 g/mol. The standard InChI is InChI=1S/C24H21ClN6OS/c25-18-10-4-3-9-16(18)23-29-30-24(31(23)15-7-1-2-8-15)33-14-21(32)17(13-26)22-27-19-11-5-6-12-20(19)28-22/h3-6,9-12,15,32H,1-2,7-8,14H2,(H,27,28)/b21-17-. The van der Waals surface area contributed by atoms with Gasteiger partial charge in [0, 0.05) is 11.6 Å². The second-order valence-electron chi connectivity index (χ2n) is 7.92. The third-order valence-electron chi connectivity index (χ3n) is 5.83. The normalized spacial score (nSPS) is 15.0. The number of fused-ring (bicyclic) bond motifs is 1. The van der Waals surface area contributed by atoms with Crippen LogP contribution in [0.4, 0.5) is 0 Å². The number of H-pyrrole nitrogens is 1. The van der Waals surface area contributed by atoms with Crippen molar-refractivity contribution < 1.29 is 5.11 Å². The molecule has 2 aromatic heterocycles. The van der Waals surface area contributed by atoms with Crippen molar-refractivity contribution >= 4 is 40.0 Å². The zero-order valence-electron chi connectivity index (χ0n) is 17.7. The number of nitrogens with one attached hydrogen (secondary N) is 1. The van der Waals surface area contributed by atoms with E-state index in [1.807, 2.05) is 48.5 Å². The van der Waals surface area contributed by atoms with E-state index in [0.29, 0.717) is 16.0 Å². The molecule has 2 aromatic carbocycles. The Morgan fingerprint density at radius 3 is 2.67 bits per heavy atom. The molecule has 0 unspecified atom stereocenters. The van der Waals surface area contributed by atoms with Crippen LogP contribution in [0.1, 0.15) is 37.5 Å². The summed E-state index contributed by atoms with van der Waals surface area (Å²) in [6, 6.07) is 17.5. The lowest BCUT2D eigenvalue weighted by Crippen LogP contribution is -2.09. The maximum absolute atomic E-state index is 10.8. The van der Waals surface area contributed by atoms with Gasteiger partial charge in [0.1, 0.15) is 17.4 Å². The predicted octanol–water partition coefficient (Wildman–Crippen LogP) is 6.17. The van der Waals surface area contributed by atoms with Gasteiger partial charge in [0.25, 0.3) is 0 Å². The van der Waals surface area contributed by atoms with Gasteiger partial charge in [0.2, 0.25) is 0 Å². The second-order valence-corrected chi connectivity index (χ2v) is 9.27. The van der Waals surface area contributed by atoms with Crippen molar-refractivity contribution in [2.24, 2.45) is 0 Å². The number of thioether (sulfide) groups is 1. The predicted molar refractivity (Wildman–Crippen MR) is 130 cm³/mol. The van der Waals surface area contributed by atoms with Gasteiger partial charge in [-0.1, -0.05) is 60.5 Å². The van der Waals surface area contributed by atoms with E-state index in [2.05, 4.69) is 30.8 Å². The Morgan fingerprint density at radius 2 is 1.91 bits per heavy atom. The van der Waals surface area contributed by atoms with Crippen molar-refractivity contribution in [1.82, 2.24) is 24.7 Å². The number of para-hydroxylation sites is 2. The Bertz CT molecular complexity index is 1350. The number of hydrogen-bond acceptors (Lipinski definition) is 6. The third kappa shape index (κ3) is 4.22. The quantitative estimate of drug-likeness (QED) is 0.196. The molecule has 1 saturated carbocycles. The van der Waals surface area contributed by atoms with Gasteiger partial charge in [0.05, 0.1) is 21.8 Å². The molecule has 1 aliphatic rings. The molecule has 0 spiro atoms. The molecule has 0 saturated heterocycles. The number of nitrogens with zero attached hydrogens (tertiary/aromatic N) is 5. The van der Waals surface area contributed by atoms with Crippen LogP contribution in [-0.2, 0) is 0 Å². The minimum absolute atomic E-state index is 0.0539. The molecule has 1 aliphatic carbocycles. The van der Waals surface area contributed by atoms with Gasteiger partial charge in [-0.2, -0.15) is 5.26 Å². The van der Waals surface area contributed by atoms with Crippen molar-refractivity contribution in [3.8, 4) is 17.5 Å². The summed E-state index contributed by atoms with van der Waals surface area (Å²) in [7, 11) is 0. The second kappa shape index (κ2) is 9.30. The van der Waals surface area contributed by atoms with Crippen molar-refractivity contribution in [3.05, 3.63) is 65.1 Å². The van der Waals surface area contributed by atoms with Gasteiger partial charge in [-0.15, -0.1) is 10.2 Å². The fraction of sp³-hybridized carbons (Fsp3) is 0.250. The van der Waals surface area contributed by atoms with Crippen LogP contribution >= 0.6 is 23.4 Å². The molecule has 2 N–H and O–H groups in total. The third-order valence-corrected chi connectivity index (χ3v) is 7.12. The lowest BCUT2D eigenvalue weighted by Gasteiger charge is -2.17. The van der Waals surface area contributed by atoms with E-state index >= 15 is 0 Å². The number of nitriles is 1. The monoisotopic (exact) mass is 476 g/mol. The van der Waals surface area contributed by atoms with Crippen molar-refractivity contribution in [3.63, 3.8) is 0 Å².